The molecule has 4 rings (SSSR count). The molecule has 0 aromatic rings. The van der Waals surface area contributed by atoms with Crippen molar-refractivity contribution < 1.29 is 90.4 Å². The van der Waals surface area contributed by atoms with Gasteiger partial charge in [-0.15, -0.1) is 11.6 Å². The monoisotopic (exact) mass is 1320 g/mol. The number of amides is 1. The second-order valence-corrected chi connectivity index (χ2v) is 23.3. The first kappa shape index (κ1) is 96.9. The van der Waals surface area contributed by atoms with Gasteiger partial charge in [-0.1, -0.05) is 77.7 Å². The molecule has 4 heterocycles. The number of hydrogen-bond acceptors (Lipinski definition) is 21. The summed E-state index contributed by atoms with van der Waals surface area (Å²) in [6, 6.07) is 0.835. The Morgan fingerprint density at radius 2 is 0.956 bits per heavy atom. The highest BCUT2D eigenvalue weighted by molar-refractivity contribution is 7.46. The van der Waals surface area contributed by atoms with Gasteiger partial charge in [0.2, 0.25) is 12.5 Å². The third-order valence-corrected chi connectivity index (χ3v) is 14.2. The fourth-order valence-electron chi connectivity index (χ4n) is 9.12. The molecule has 4 saturated heterocycles. The summed E-state index contributed by atoms with van der Waals surface area (Å²) in [5, 5.41) is 33.2. The van der Waals surface area contributed by atoms with Crippen molar-refractivity contribution in [2.24, 2.45) is 0 Å². The number of rotatable bonds is 32. The number of aliphatic hydroxyl groups is 2. The van der Waals surface area contributed by atoms with E-state index in [4.69, 9.17) is 125 Å². The molecule has 0 bridgehead atoms. The quantitative estimate of drug-likeness (QED) is 0.0136. The number of nitrogens with zero attached hydrogens (tertiary/aromatic N) is 2. The normalized spacial score (nSPS) is 28.7. The molecule has 9 unspecified atom stereocenters. The van der Waals surface area contributed by atoms with E-state index in [-0.39, 0.29) is 102 Å². The predicted molar refractivity (Wildman–Crippen MR) is 359 cm³/mol. The molecule has 522 valence electrons. The summed E-state index contributed by atoms with van der Waals surface area (Å²) in [5.41, 5.74) is 0. The Labute approximate surface area is 556 Å². The lowest BCUT2D eigenvalue weighted by Gasteiger charge is -2.28. The van der Waals surface area contributed by atoms with Crippen LogP contribution in [0.15, 0.2) is 0 Å². The minimum atomic E-state index is -1.10. The summed E-state index contributed by atoms with van der Waals surface area (Å²) < 4.78 is 82.1. The van der Waals surface area contributed by atoms with Gasteiger partial charge in [0.25, 0.3) is 0 Å². The van der Waals surface area contributed by atoms with Crippen LogP contribution in [-0.2, 0) is 80.2 Å². The van der Waals surface area contributed by atoms with E-state index in [1.54, 1.807) is 28.4 Å². The topological polar surface area (TPSA) is 265 Å². The number of alkyl halides is 1. The second kappa shape index (κ2) is 57.5. The number of nitrogens with one attached hydrogen (secondary N) is 2. The molecule has 4 aliphatic rings. The number of halogens is 1. The molecular formula is C61H120B4ClN4O19P. The number of carbonyl (C=O) groups excluding carboxylic acids is 2. The maximum Gasteiger partial charge on any atom is 0.306 e. The Morgan fingerprint density at radius 3 is 1.24 bits per heavy atom. The van der Waals surface area contributed by atoms with Gasteiger partial charge in [-0.2, -0.15) is 5.26 Å². The van der Waals surface area contributed by atoms with Crippen molar-refractivity contribution in [3.05, 3.63) is 11.4 Å². The first-order valence-corrected chi connectivity index (χ1v) is 32.4. The van der Waals surface area contributed by atoms with Crippen LogP contribution in [0.3, 0.4) is 0 Å². The number of aliphatic hydroxyl groups excluding tert-OH is 2. The summed E-state index contributed by atoms with van der Waals surface area (Å²) >= 11 is 5.08. The number of methoxy groups -OCH3 is 4. The summed E-state index contributed by atoms with van der Waals surface area (Å²) in [7, 11) is 30.3. The van der Waals surface area contributed by atoms with Crippen LogP contribution in [0, 0.1) is 17.9 Å². The molecule has 4 N–H and O–H groups in total. The number of nitriles is 1. The molecular weight excluding hydrogens is 1200 g/mol. The van der Waals surface area contributed by atoms with Gasteiger partial charge >= 0.3 is 5.97 Å². The Morgan fingerprint density at radius 1 is 0.611 bits per heavy atom. The van der Waals surface area contributed by atoms with Crippen LogP contribution < -0.4 is 10.6 Å². The molecule has 23 nitrogen and oxygen atoms in total. The van der Waals surface area contributed by atoms with Crippen molar-refractivity contribution in [1.29, 1.82) is 5.26 Å². The fraction of sp³-hybridized carbons (Fsp3) is 0.934. The molecule has 29 heteroatoms. The average Bonchev–Trinajstić information content (AvgIpc) is 2.40. The van der Waals surface area contributed by atoms with Crippen molar-refractivity contribution in [3.63, 3.8) is 0 Å². The van der Waals surface area contributed by atoms with E-state index in [9.17, 15) is 19.8 Å². The van der Waals surface area contributed by atoms with E-state index < -0.39 is 75.0 Å². The van der Waals surface area contributed by atoms with E-state index in [1.807, 2.05) is 68.1 Å². The minimum Gasteiger partial charge on any atom is -0.457 e. The minimum absolute atomic E-state index is 0. The molecule has 4 fully saturated rings. The number of esters is 1. The van der Waals surface area contributed by atoms with E-state index in [2.05, 4.69) is 43.2 Å². The zero-order valence-corrected chi connectivity index (χ0v) is 57.1. The molecule has 0 aliphatic carbocycles. The summed E-state index contributed by atoms with van der Waals surface area (Å²) in [6.45, 7) is 35.1. The average molecular weight is 1320 g/mol. The van der Waals surface area contributed by atoms with Gasteiger partial charge in [0.15, 0.2) is 14.5 Å². The second-order valence-electron chi connectivity index (χ2n) is 21.6. The summed E-state index contributed by atoms with van der Waals surface area (Å²) in [4.78, 5) is 26.4. The molecule has 21 atom stereocenters. The molecule has 0 saturated carbocycles. The van der Waals surface area contributed by atoms with Crippen LogP contribution in [0.4, 0.5) is 0 Å². The zero-order valence-electron chi connectivity index (χ0n) is 55.5. The van der Waals surface area contributed by atoms with Crippen molar-refractivity contribution in [2.45, 2.75) is 284 Å². The Balaban J connectivity index is -0.000000336. The van der Waals surface area contributed by atoms with Crippen molar-refractivity contribution in [3.8, 4) is 6.07 Å². The number of hydrogen-bond donors (Lipinski definition) is 4. The highest BCUT2D eigenvalue weighted by atomic mass is 35.5. The lowest BCUT2D eigenvalue weighted by Crippen LogP contribution is -2.41. The maximum absolute atomic E-state index is 12.0. The van der Waals surface area contributed by atoms with Gasteiger partial charge < -0.3 is 96.3 Å². The Bertz CT molecular complexity index is 1770. The SMILES string of the molecule is C.C.C.CC(C)NC(C)C.N#CCCCl.[B][C@@H]1O[C@H](CC)C(O)[C@@H]1OC(C)COC.[B][C@@H]1O[C@H](CC)C(O)[C@@H]1OC(C)COC.[B][C@@H]1O[C@H](CC)C(OC(=O)CCC(=O)NC)[C@@H]1OC(C)COC.[B][C@@H]1O[C@H](CC)C(OP(C)OCC[N+]#[C-])[C@@H]1OC(C)COC. The van der Waals surface area contributed by atoms with Crippen LogP contribution in [-0.4, -0.2) is 275 Å². The van der Waals surface area contributed by atoms with Crippen LogP contribution in [0.5, 0.6) is 0 Å². The molecule has 0 aromatic heterocycles. The van der Waals surface area contributed by atoms with Crippen molar-refractivity contribution in [1.82, 2.24) is 10.6 Å². The van der Waals surface area contributed by atoms with Gasteiger partial charge in [-0.25, -0.2) is 6.57 Å². The van der Waals surface area contributed by atoms with Crippen LogP contribution in [0.2, 0.25) is 0 Å². The lowest BCUT2D eigenvalue weighted by molar-refractivity contribution is -0.161. The first-order chi connectivity index (χ1) is 41.2. The Kier molecular flexibility index (Phi) is 61.9. The third kappa shape index (κ3) is 40.6. The third-order valence-electron chi connectivity index (χ3n) is 12.9. The standard InChI is InChI=1S/C15H26BNO6.C14H25BNO5P.2C10H19BO4.C6H15N.C3H4ClN.3CH4/c1-5-10-13(23-12(19)7-6-11(18)17-3)14(15(16)22-10)21-9(2)8-20-4;1-6-11-12(21-22(5)18-8-7-16-3)13(14(15)20-11)19-10(2)9-17-4;2*1-4-7-8(12)9(10(11)15-7)14-6(2)5-13-3;1-5(2)7-6(3)4;4-2-1-3-5;;;/h9-10,13-15H,5-8H2,1-4H3,(H,17,18);10-14H,6-9H2,1-2,4-5H3;2*6-10,12H,4-5H2,1-3H3;5-7H,1-4H3;1-2H2;3*1H4/t9?,10-,13?,14+,15-;10?,11-,12?,13+,14-,22?;2*6?,7-,8?,9+,10-;;;;;/m1111...../s1. The highest BCUT2D eigenvalue weighted by Crippen LogP contribution is 2.41. The highest BCUT2D eigenvalue weighted by Gasteiger charge is 2.47. The van der Waals surface area contributed by atoms with Gasteiger partial charge in [0.1, 0.15) is 80.7 Å². The fourth-order valence-corrected chi connectivity index (χ4v) is 10.2. The van der Waals surface area contributed by atoms with Crippen LogP contribution in [0.1, 0.15) is 150 Å². The molecule has 8 radical (unpaired) electrons. The number of ether oxygens (including phenoxy) is 13. The molecule has 4 aliphatic heterocycles. The molecule has 0 aromatic carbocycles. The molecule has 0 spiro atoms. The largest absolute Gasteiger partial charge is 0.457 e. The number of carbonyl (C=O) groups is 2. The van der Waals surface area contributed by atoms with E-state index in [0.717, 1.165) is 19.3 Å². The zero-order chi connectivity index (χ0) is 66.8. The summed E-state index contributed by atoms with van der Waals surface area (Å²) in [5.74, 6) is -0.228. The maximum atomic E-state index is 12.0. The lowest BCUT2D eigenvalue weighted by atomic mass is 9.92. The first-order valence-electron chi connectivity index (χ1n) is 30.2. The molecule has 90 heavy (non-hydrogen) atoms. The summed E-state index contributed by atoms with van der Waals surface area (Å²) in [6.07, 6.45) is -1.97. The Hall–Kier alpha value is -1.78. The van der Waals surface area contributed by atoms with E-state index >= 15 is 0 Å². The smallest absolute Gasteiger partial charge is 0.306 e. The van der Waals surface area contributed by atoms with E-state index in [0.29, 0.717) is 70.4 Å². The van der Waals surface area contributed by atoms with Crippen LogP contribution >= 0.6 is 20.0 Å². The molecule has 1 amide bonds. The van der Waals surface area contributed by atoms with E-state index in [1.165, 1.54) is 7.05 Å². The van der Waals surface area contributed by atoms with Gasteiger partial charge in [-0.05, 0) is 53.4 Å². The van der Waals surface area contributed by atoms with Crippen LogP contribution in [0.25, 0.3) is 4.85 Å². The van der Waals surface area contributed by atoms with Gasteiger partial charge in [-0.3, -0.25) is 9.59 Å². The van der Waals surface area contributed by atoms with Crippen molar-refractivity contribution in [2.75, 3.05) is 87.6 Å². The van der Waals surface area contributed by atoms with Gasteiger partial charge in [0, 0.05) is 97.0 Å². The predicted octanol–water partition coefficient (Wildman–Crippen LogP) is 6.70. The van der Waals surface area contributed by atoms with Crippen molar-refractivity contribution >= 4 is 63.2 Å². The van der Waals surface area contributed by atoms with Gasteiger partial charge in [0.05, 0.1) is 87.7 Å².